The summed E-state index contributed by atoms with van der Waals surface area (Å²) in [5.41, 5.74) is 5.60. The Morgan fingerprint density at radius 2 is 2.00 bits per heavy atom. The predicted octanol–water partition coefficient (Wildman–Crippen LogP) is 0.950. The molecule has 0 radical (unpaired) electrons. The van der Waals surface area contributed by atoms with E-state index in [1.807, 2.05) is 20.1 Å². The fourth-order valence-corrected chi connectivity index (χ4v) is 2.35. The van der Waals surface area contributed by atoms with Crippen molar-refractivity contribution in [1.82, 2.24) is 9.13 Å². The maximum absolute atomic E-state index is 12.1. The first-order chi connectivity index (χ1) is 9.40. The number of nitrogens with two attached hydrogens (primary N) is 1. The molecule has 7 heteroatoms. The number of thioether (sulfide) groups is 1. The van der Waals surface area contributed by atoms with Crippen LogP contribution in [0.1, 0.15) is 20.3 Å². The lowest BCUT2D eigenvalue weighted by molar-refractivity contribution is 0.494. The molecule has 0 bridgehead atoms. The third-order valence-electron chi connectivity index (χ3n) is 2.96. The van der Waals surface area contributed by atoms with Gasteiger partial charge in [0.2, 0.25) is 0 Å². The van der Waals surface area contributed by atoms with Crippen molar-refractivity contribution in [3.05, 3.63) is 20.8 Å². The molecule has 0 unspecified atom stereocenters. The van der Waals surface area contributed by atoms with Gasteiger partial charge in [-0.25, -0.2) is 4.79 Å². The van der Waals surface area contributed by atoms with Gasteiger partial charge in [0.25, 0.3) is 5.56 Å². The third kappa shape index (κ3) is 3.82. The summed E-state index contributed by atoms with van der Waals surface area (Å²) >= 11 is 1.75. The van der Waals surface area contributed by atoms with E-state index in [1.165, 1.54) is 11.6 Å². The highest BCUT2D eigenvalue weighted by Crippen LogP contribution is 2.12. The van der Waals surface area contributed by atoms with E-state index in [9.17, 15) is 9.59 Å². The SMILES string of the molecule is CSCCCNc1c(N)n(CC(C)C)c(=O)n(C)c1=O. The molecule has 0 saturated heterocycles. The van der Waals surface area contributed by atoms with Crippen LogP contribution in [0.15, 0.2) is 9.59 Å². The van der Waals surface area contributed by atoms with Gasteiger partial charge in [0.1, 0.15) is 11.5 Å². The Hall–Kier alpha value is -1.37. The average molecular weight is 300 g/mol. The summed E-state index contributed by atoms with van der Waals surface area (Å²) in [4.78, 5) is 24.2. The number of anilines is 2. The van der Waals surface area contributed by atoms with E-state index in [1.54, 1.807) is 11.8 Å². The van der Waals surface area contributed by atoms with Crippen molar-refractivity contribution >= 4 is 23.3 Å². The molecule has 0 atom stereocenters. The van der Waals surface area contributed by atoms with E-state index in [-0.39, 0.29) is 23.0 Å². The number of rotatable bonds is 7. The smallest absolute Gasteiger partial charge is 0.332 e. The second-order valence-electron chi connectivity index (χ2n) is 5.18. The zero-order valence-corrected chi connectivity index (χ0v) is 13.4. The van der Waals surface area contributed by atoms with Gasteiger partial charge < -0.3 is 11.1 Å². The highest BCUT2D eigenvalue weighted by Gasteiger charge is 2.15. The molecule has 6 nitrogen and oxygen atoms in total. The summed E-state index contributed by atoms with van der Waals surface area (Å²) in [5, 5.41) is 3.07. The quantitative estimate of drug-likeness (QED) is 0.733. The largest absolute Gasteiger partial charge is 0.383 e. The molecule has 1 heterocycles. The summed E-state index contributed by atoms with van der Waals surface area (Å²) in [6.45, 7) is 5.17. The molecule has 3 N–H and O–H groups in total. The van der Waals surface area contributed by atoms with E-state index in [4.69, 9.17) is 5.73 Å². The van der Waals surface area contributed by atoms with Gasteiger partial charge in [0.15, 0.2) is 0 Å². The molecule has 1 aromatic heterocycles. The third-order valence-corrected chi connectivity index (χ3v) is 3.65. The fourth-order valence-electron chi connectivity index (χ4n) is 1.92. The highest BCUT2D eigenvalue weighted by molar-refractivity contribution is 7.98. The maximum Gasteiger partial charge on any atom is 0.332 e. The molecule has 0 amide bonds. The molecular weight excluding hydrogens is 276 g/mol. The van der Waals surface area contributed by atoms with E-state index >= 15 is 0 Å². The first kappa shape index (κ1) is 16.7. The minimum Gasteiger partial charge on any atom is -0.383 e. The lowest BCUT2D eigenvalue weighted by Crippen LogP contribution is -2.41. The molecule has 20 heavy (non-hydrogen) atoms. The zero-order chi connectivity index (χ0) is 15.3. The normalized spacial score (nSPS) is 11.1. The van der Waals surface area contributed by atoms with Crippen LogP contribution in [0, 0.1) is 5.92 Å². The van der Waals surface area contributed by atoms with Crippen LogP contribution in [-0.4, -0.2) is 27.7 Å². The van der Waals surface area contributed by atoms with E-state index in [0.717, 1.165) is 16.7 Å². The molecule has 0 aromatic carbocycles. The minimum atomic E-state index is -0.365. The van der Waals surface area contributed by atoms with Gasteiger partial charge in [-0.2, -0.15) is 11.8 Å². The molecule has 0 spiro atoms. The van der Waals surface area contributed by atoms with Crippen molar-refractivity contribution < 1.29 is 0 Å². The lowest BCUT2D eigenvalue weighted by atomic mass is 10.2. The molecule has 0 aliphatic carbocycles. The average Bonchev–Trinajstić information content (AvgIpc) is 2.40. The molecule has 0 saturated carbocycles. The Balaban J connectivity index is 3.13. The number of nitrogens with zero attached hydrogens (tertiary/aromatic N) is 2. The predicted molar refractivity (Wildman–Crippen MR) is 86.7 cm³/mol. The van der Waals surface area contributed by atoms with Gasteiger partial charge in [0.05, 0.1) is 0 Å². The number of hydrogen-bond donors (Lipinski definition) is 2. The summed E-state index contributed by atoms with van der Waals surface area (Å²) in [7, 11) is 1.48. The van der Waals surface area contributed by atoms with Gasteiger partial charge in [-0.05, 0) is 24.3 Å². The lowest BCUT2D eigenvalue weighted by Gasteiger charge is -2.17. The molecule has 114 valence electrons. The zero-order valence-electron chi connectivity index (χ0n) is 12.6. The summed E-state index contributed by atoms with van der Waals surface area (Å²) in [5.74, 6) is 1.52. The minimum absolute atomic E-state index is 0.232. The topological polar surface area (TPSA) is 82.0 Å². The first-order valence-electron chi connectivity index (χ1n) is 6.72. The monoisotopic (exact) mass is 300 g/mol. The molecule has 0 aliphatic rings. The van der Waals surface area contributed by atoms with Crippen molar-refractivity contribution in [3.63, 3.8) is 0 Å². The molecular formula is C13H24N4O2S. The van der Waals surface area contributed by atoms with Crippen LogP contribution in [0.3, 0.4) is 0 Å². The molecule has 1 aromatic rings. The molecule has 0 fully saturated rings. The number of nitrogen functional groups attached to an aromatic ring is 1. The van der Waals surface area contributed by atoms with Gasteiger partial charge >= 0.3 is 5.69 Å². The van der Waals surface area contributed by atoms with Crippen molar-refractivity contribution in [2.24, 2.45) is 13.0 Å². The van der Waals surface area contributed by atoms with Crippen LogP contribution in [0.2, 0.25) is 0 Å². The van der Waals surface area contributed by atoms with Crippen molar-refractivity contribution in [1.29, 1.82) is 0 Å². The standard InChI is InChI=1S/C13H24N4O2S/c1-9(2)8-17-11(14)10(15-6-5-7-20-4)12(18)16(3)13(17)19/h9,15H,5-8,14H2,1-4H3. The van der Waals surface area contributed by atoms with Crippen LogP contribution < -0.4 is 22.3 Å². The number of nitrogens with one attached hydrogen (secondary N) is 1. The van der Waals surface area contributed by atoms with Crippen LogP contribution in [0.4, 0.5) is 11.5 Å². The second kappa shape index (κ2) is 7.42. The van der Waals surface area contributed by atoms with E-state index in [0.29, 0.717) is 18.8 Å². The fraction of sp³-hybridized carbons (Fsp3) is 0.692. The Bertz CT molecular complexity index is 563. The Morgan fingerprint density at radius 1 is 1.35 bits per heavy atom. The van der Waals surface area contributed by atoms with Gasteiger partial charge in [0, 0.05) is 20.1 Å². The summed E-state index contributed by atoms with van der Waals surface area (Å²) in [6.07, 6.45) is 2.98. The van der Waals surface area contributed by atoms with Gasteiger partial charge in [-0.15, -0.1) is 0 Å². The van der Waals surface area contributed by atoms with E-state index < -0.39 is 0 Å². The van der Waals surface area contributed by atoms with Crippen LogP contribution >= 0.6 is 11.8 Å². The van der Waals surface area contributed by atoms with Gasteiger partial charge in [-0.3, -0.25) is 13.9 Å². The number of hydrogen-bond acceptors (Lipinski definition) is 5. The van der Waals surface area contributed by atoms with Gasteiger partial charge in [-0.1, -0.05) is 13.8 Å². The first-order valence-corrected chi connectivity index (χ1v) is 8.11. The van der Waals surface area contributed by atoms with E-state index in [2.05, 4.69) is 5.32 Å². The van der Waals surface area contributed by atoms with Crippen LogP contribution in [0.5, 0.6) is 0 Å². The molecule has 1 rings (SSSR count). The Labute approximate surface area is 123 Å². The van der Waals surface area contributed by atoms with Crippen molar-refractivity contribution in [3.8, 4) is 0 Å². The highest BCUT2D eigenvalue weighted by atomic mass is 32.2. The summed E-state index contributed by atoms with van der Waals surface area (Å²) < 4.78 is 2.57. The van der Waals surface area contributed by atoms with Crippen molar-refractivity contribution in [2.75, 3.05) is 29.6 Å². The van der Waals surface area contributed by atoms with Crippen LogP contribution in [0.25, 0.3) is 0 Å². The van der Waals surface area contributed by atoms with Crippen LogP contribution in [-0.2, 0) is 13.6 Å². The molecule has 0 aliphatic heterocycles. The maximum atomic E-state index is 12.1. The summed E-state index contributed by atoms with van der Waals surface area (Å²) in [6, 6.07) is 0. The Kier molecular flexibility index (Phi) is 6.19. The number of aromatic nitrogens is 2. The van der Waals surface area contributed by atoms with Crippen molar-refractivity contribution in [2.45, 2.75) is 26.8 Å². The Morgan fingerprint density at radius 3 is 2.55 bits per heavy atom. The second-order valence-corrected chi connectivity index (χ2v) is 6.17.